The van der Waals surface area contributed by atoms with Crippen molar-refractivity contribution in [3.8, 4) is 0 Å². The number of rotatable bonds is 9. The molecule has 2 rings (SSSR count). The molecule has 0 bridgehead atoms. The molecule has 2 aliphatic carbocycles. The highest BCUT2D eigenvalue weighted by Gasteiger charge is 2.24. The third-order valence-electron chi connectivity index (χ3n) is 3.87. The molecule has 2 aliphatic rings. The number of carbonyl (C=O) groups is 2. The lowest BCUT2D eigenvalue weighted by Crippen LogP contribution is -2.38. The van der Waals surface area contributed by atoms with Gasteiger partial charge in [0.25, 0.3) is 0 Å². The highest BCUT2D eigenvalue weighted by Crippen LogP contribution is 2.27. The molecule has 2 fully saturated rings. The van der Waals surface area contributed by atoms with Crippen LogP contribution in [0.1, 0.15) is 38.5 Å². The highest BCUT2D eigenvalue weighted by molar-refractivity contribution is 5.79. The molecule has 0 saturated heterocycles. The van der Waals surface area contributed by atoms with Crippen molar-refractivity contribution in [3.63, 3.8) is 0 Å². The summed E-state index contributed by atoms with van der Waals surface area (Å²) in [6, 6.07) is 0. The standard InChI is InChI=1S/C14H25N3O2/c18-13(10-15-9-11-5-6-11)16-7-2-8-17-14(19)12-3-1-4-12/h11-12,15H,1-10H2,(H,16,18)(H,17,19). The lowest BCUT2D eigenvalue weighted by molar-refractivity contribution is -0.127. The Bertz CT molecular complexity index is 312. The van der Waals surface area contributed by atoms with Crippen LogP contribution in [0.5, 0.6) is 0 Å². The highest BCUT2D eigenvalue weighted by atomic mass is 16.2. The van der Waals surface area contributed by atoms with Crippen LogP contribution in [-0.2, 0) is 9.59 Å². The van der Waals surface area contributed by atoms with Gasteiger partial charge in [0.05, 0.1) is 6.54 Å². The minimum absolute atomic E-state index is 0.0472. The van der Waals surface area contributed by atoms with Gasteiger partial charge < -0.3 is 16.0 Å². The Kier molecular flexibility index (Phi) is 5.63. The monoisotopic (exact) mass is 267 g/mol. The molecule has 5 nitrogen and oxygen atoms in total. The molecule has 108 valence electrons. The molecule has 0 aromatic carbocycles. The van der Waals surface area contributed by atoms with Crippen LogP contribution in [0.2, 0.25) is 0 Å². The molecule has 2 saturated carbocycles. The molecule has 0 aliphatic heterocycles. The lowest BCUT2D eigenvalue weighted by atomic mass is 9.85. The first-order valence-electron chi connectivity index (χ1n) is 7.51. The van der Waals surface area contributed by atoms with Crippen LogP contribution >= 0.6 is 0 Å². The predicted octanol–water partition coefficient (Wildman–Crippen LogP) is 0.409. The topological polar surface area (TPSA) is 70.2 Å². The largest absolute Gasteiger partial charge is 0.356 e. The van der Waals surface area contributed by atoms with Crippen molar-refractivity contribution in [2.75, 3.05) is 26.2 Å². The van der Waals surface area contributed by atoms with E-state index in [4.69, 9.17) is 0 Å². The van der Waals surface area contributed by atoms with E-state index in [9.17, 15) is 9.59 Å². The van der Waals surface area contributed by atoms with Gasteiger partial charge in [0.2, 0.25) is 11.8 Å². The van der Waals surface area contributed by atoms with Crippen LogP contribution in [0.15, 0.2) is 0 Å². The number of hydrogen-bond acceptors (Lipinski definition) is 3. The first kappa shape index (κ1) is 14.3. The van der Waals surface area contributed by atoms with Gasteiger partial charge in [-0.1, -0.05) is 6.42 Å². The van der Waals surface area contributed by atoms with Crippen molar-refractivity contribution in [3.05, 3.63) is 0 Å². The molecule has 5 heteroatoms. The summed E-state index contributed by atoms with van der Waals surface area (Å²) >= 11 is 0. The van der Waals surface area contributed by atoms with Crippen LogP contribution in [0, 0.1) is 11.8 Å². The van der Waals surface area contributed by atoms with E-state index in [2.05, 4.69) is 16.0 Å². The van der Waals surface area contributed by atoms with Crippen molar-refractivity contribution in [2.24, 2.45) is 11.8 Å². The third kappa shape index (κ3) is 5.59. The molecule has 0 spiro atoms. The van der Waals surface area contributed by atoms with E-state index >= 15 is 0 Å². The second-order valence-electron chi connectivity index (χ2n) is 5.70. The fourth-order valence-electron chi connectivity index (χ4n) is 2.12. The van der Waals surface area contributed by atoms with Gasteiger partial charge in [-0.3, -0.25) is 9.59 Å². The molecule has 3 N–H and O–H groups in total. The van der Waals surface area contributed by atoms with Gasteiger partial charge in [-0.05, 0) is 44.6 Å². The maximum Gasteiger partial charge on any atom is 0.233 e. The first-order valence-corrected chi connectivity index (χ1v) is 7.51. The number of nitrogens with one attached hydrogen (secondary N) is 3. The fraction of sp³-hybridized carbons (Fsp3) is 0.857. The molecular formula is C14H25N3O2. The van der Waals surface area contributed by atoms with Crippen LogP contribution in [0.3, 0.4) is 0 Å². The Labute approximate surface area is 114 Å². The van der Waals surface area contributed by atoms with Crippen molar-refractivity contribution >= 4 is 11.8 Å². The maximum atomic E-state index is 11.5. The summed E-state index contributed by atoms with van der Waals surface area (Å²) in [6.45, 7) is 2.66. The summed E-state index contributed by atoms with van der Waals surface area (Å²) in [7, 11) is 0. The predicted molar refractivity (Wildman–Crippen MR) is 73.6 cm³/mol. The van der Waals surface area contributed by atoms with Crippen molar-refractivity contribution in [1.82, 2.24) is 16.0 Å². The molecular weight excluding hydrogens is 242 g/mol. The minimum Gasteiger partial charge on any atom is -0.356 e. The number of amides is 2. The Balaban J connectivity index is 1.38. The van der Waals surface area contributed by atoms with E-state index < -0.39 is 0 Å². The summed E-state index contributed by atoms with van der Waals surface area (Å²) in [5.41, 5.74) is 0. The molecule has 0 radical (unpaired) electrons. The van der Waals surface area contributed by atoms with Gasteiger partial charge in [0.1, 0.15) is 0 Å². The fourth-order valence-corrected chi connectivity index (χ4v) is 2.12. The van der Waals surface area contributed by atoms with E-state index in [1.165, 1.54) is 19.3 Å². The zero-order valence-electron chi connectivity index (χ0n) is 11.5. The minimum atomic E-state index is 0.0472. The molecule has 2 amide bonds. The average molecular weight is 267 g/mol. The van der Waals surface area contributed by atoms with Crippen LogP contribution in [0.4, 0.5) is 0 Å². The lowest BCUT2D eigenvalue weighted by Gasteiger charge is -2.23. The van der Waals surface area contributed by atoms with E-state index in [-0.39, 0.29) is 17.7 Å². The van der Waals surface area contributed by atoms with E-state index in [1.54, 1.807) is 0 Å². The van der Waals surface area contributed by atoms with Gasteiger partial charge in [0.15, 0.2) is 0 Å². The molecule has 0 aromatic rings. The maximum absolute atomic E-state index is 11.5. The average Bonchev–Trinajstić information content (AvgIpc) is 3.10. The molecule has 0 unspecified atom stereocenters. The molecule has 19 heavy (non-hydrogen) atoms. The number of hydrogen-bond donors (Lipinski definition) is 3. The van der Waals surface area contributed by atoms with Gasteiger partial charge in [-0.25, -0.2) is 0 Å². The number of carbonyl (C=O) groups excluding carboxylic acids is 2. The normalized spacial score (nSPS) is 18.7. The summed E-state index contributed by atoms with van der Waals surface area (Å²) in [5.74, 6) is 1.28. The van der Waals surface area contributed by atoms with Gasteiger partial charge in [-0.2, -0.15) is 0 Å². The zero-order valence-corrected chi connectivity index (χ0v) is 11.5. The molecule has 0 heterocycles. The Hall–Kier alpha value is -1.10. The van der Waals surface area contributed by atoms with Gasteiger partial charge in [-0.15, -0.1) is 0 Å². The molecule has 0 atom stereocenters. The Morgan fingerprint density at radius 3 is 2.37 bits per heavy atom. The summed E-state index contributed by atoms with van der Waals surface area (Å²) in [6.07, 6.45) is 6.66. The first-order chi connectivity index (χ1) is 9.25. The smallest absolute Gasteiger partial charge is 0.233 e. The van der Waals surface area contributed by atoms with Gasteiger partial charge in [0, 0.05) is 19.0 Å². The van der Waals surface area contributed by atoms with Gasteiger partial charge >= 0.3 is 0 Å². The van der Waals surface area contributed by atoms with Crippen LogP contribution in [-0.4, -0.2) is 38.0 Å². The third-order valence-corrected chi connectivity index (χ3v) is 3.87. The Morgan fingerprint density at radius 2 is 1.74 bits per heavy atom. The SMILES string of the molecule is O=C(CNCC1CC1)NCCCNC(=O)C1CCC1. The summed E-state index contributed by atoms with van der Waals surface area (Å²) in [5, 5.41) is 8.93. The second-order valence-corrected chi connectivity index (χ2v) is 5.70. The van der Waals surface area contributed by atoms with E-state index in [1.807, 2.05) is 0 Å². The van der Waals surface area contributed by atoms with E-state index in [0.717, 1.165) is 31.7 Å². The van der Waals surface area contributed by atoms with Crippen molar-refractivity contribution in [2.45, 2.75) is 38.5 Å². The Morgan fingerprint density at radius 1 is 1.00 bits per heavy atom. The van der Waals surface area contributed by atoms with Crippen molar-refractivity contribution in [1.29, 1.82) is 0 Å². The molecule has 0 aromatic heterocycles. The van der Waals surface area contributed by atoms with Crippen LogP contribution < -0.4 is 16.0 Å². The van der Waals surface area contributed by atoms with Crippen molar-refractivity contribution < 1.29 is 9.59 Å². The second kappa shape index (κ2) is 7.48. The summed E-state index contributed by atoms with van der Waals surface area (Å²) < 4.78 is 0. The van der Waals surface area contributed by atoms with E-state index in [0.29, 0.717) is 19.6 Å². The quantitative estimate of drug-likeness (QED) is 0.530. The van der Waals surface area contributed by atoms with Crippen LogP contribution in [0.25, 0.3) is 0 Å². The zero-order chi connectivity index (χ0) is 13.5. The summed E-state index contributed by atoms with van der Waals surface area (Å²) in [4.78, 5) is 23.0.